The molecule has 0 saturated carbocycles. The Balaban J connectivity index is 2.22. The lowest BCUT2D eigenvalue weighted by atomic mass is 9.81. The molecule has 0 heterocycles. The van der Waals surface area contributed by atoms with E-state index in [0.717, 1.165) is 0 Å². The van der Waals surface area contributed by atoms with Crippen molar-refractivity contribution in [2.24, 2.45) is 0 Å². The predicted molar refractivity (Wildman–Crippen MR) is 293 cm³/mol. The molecule has 0 aliphatic rings. The van der Waals surface area contributed by atoms with Gasteiger partial charge in [0.2, 0.25) is 0 Å². The first-order valence-electron chi connectivity index (χ1n) is 30.0. The minimum absolute atomic E-state index is 1.26. The second kappa shape index (κ2) is 45.2. The van der Waals surface area contributed by atoms with Crippen LogP contribution in [0.4, 0.5) is 0 Å². The molecular formula is C64H114. The molecule has 0 aliphatic heterocycles. The van der Waals surface area contributed by atoms with Gasteiger partial charge in [-0.1, -0.05) is 321 Å². The number of hydrogen-bond acceptors (Lipinski definition) is 0. The highest BCUT2D eigenvalue weighted by Gasteiger charge is 2.19. The molecule has 0 radical (unpaired) electrons. The van der Waals surface area contributed by atoms with E-state index in [1.54, 1.807) is 27.8 Å². The smallest absolute Gasteiger partial charge is 0.0117 e. The summed E-state index contributed by atoms with van der Waals surface area (Å²) < 4.78 is 0. The summed E-state index contributed by atoms with van der Waals surface area (Å²) in [5.74, 6) is 0. The molecular weight excluding hydrogens is 769 g/mol. The third kappa shape index (κ3) is 31.4. The molecule has 0 aromatic heterocycles. The Morgan fingerprint density at radius 2 is 0.484 bits per heavy atom. The molecule has 2 aromatic carbocycles. The van der Waals surface area contributed by atoms with E-state index >= 15 is 0 Å². The van der Waals surface area contributed by atoms with Gasteiger partial charge in [0.05, 0.1) is 0 Å². The van der Waals surface area contributed by atoms with Crippen molar-refractivity contribution in [3.8, 4) is 11.1 Å². The summed E-state index contributed by atoms with van der Waals surface area (Å²) in [5, 5.41) is 0. The van der Waals surface area contributed by atoms with Crippen molar-refractivity contribution >= 4 is 0 Å². The van der Waals surface area contributed by atoms with Gasteiger partial charge < -0.3 is 0 Å². The maximum atomic E-state index is 2.80. The van der Waals surface area contributed by atoms with Gasteiger partial charge >= 0.3 is 0 Å². The summed E-state index contributed by atoms with van der Waals surface area (Å²) >= 11 is 0. The van der Waals surface area contributed by atoms with E-state index in [2.05, 4.69) is 64.1 Å². The standard InChI is InChI=1S/C64H114/c1-5-9-13-17-21-25-29-33-37-41-46-54-60-58-61(55-47-42-38-34-30-26-22-18-14-10-6-2)64(59-52-48-45-49-53-59)63(57-51-44-40-36-32-28-24-20-16-12-8-4)62(60)56-50-43-39-35-31-27-23-19-15-11-7-3/h45,48-49,52-53,58H,5-44,46-47,50-51,54-57H2,1-4H3. The van der Waals surface area contributed by atoms with E-state index in [1.807, 2.05) is 0 Å². The fraction of sp³-hybridized carbons (Fsp3) is 0.812. The molecule has 0 unspecified atom stereocenters. The fourth-order valence-corrected chi connectivity index (χ4v) is 10.8. The molecule has 0 nitrogen and oxygen atoms in total. The van der Waals surface area contributed by atoms with Crippen LogP contribution in [0.15, 0.2) is 36.4 Å². The van der Waals surface area contributed by atoms with Crippen LogP contribution in [0.1, 0.15) is 332 Å². The molecule has 64 heavy (non-hydrogen) atoms. The number of aryl methyl sites for hydroxylation is 2. The molecule has 0 N–H and O–H groups in total. The Hall–Kier alpha value is -1.56. The van der Waals surface area contributed by atoms with Crippen LogP contribution < -0.4 is 0 Å². The Morgan fingerprint density at radius 1 is 0.234 bits per heavy atom. The van der Waals surface area contributed by atoms with Gasteiger partial charge in [0.15, 0.2) is 0 Å². The third-order valence-corrected chi connectivity index (χ3v) is 14.9. The van der Waals surface area contributed by atoms with Crippen LogP contribution in [0.5, 0.6) is 0 Å². The SMILES string of the molecule is CCCCCCCCCCCCCc1cc(CCCCCCCCCCCCC)c(-c2ccccc2)c(CCCCCCCCCCCCC)c1CCCCCCCCCCCCC. The zero-order valence-electron chi connectivity index (χ0n) is 44.4. The van der Waals surface area contributed by atoms with Gasteiger partial charge in [-0.2, -0.15) is 0 Å². The molecule has 0 bridgehead atoms. The van der Waals surface area contributed by atoms with Crippen molar-refractivity contribution in [2.75, 3.05) is 0 Å². The van der Waals surface area contributed by atoms with Crippen LogP contribution in [0.3, 0.4) is 0 Å². The van der Waals surface area contributed by atoms with Crippen LogP contribution in [-0.4, -0.2) is 0 Å². The van der Waals surface area contributed by atoms with Crippen molar-refractivity contribution in [3.05, 3.63) is 58.7 Å². The summed E-state index contributed by atoms with van der Waals surface area (Å²) in [7, 11) is 0. The molecule has 0 fully saturated rings. The highest BCUT2D eigenvalue weighted by atomic mass is 14.2. The largest absolute Gasteiger partial charge is 0.0654 e. The summed E-state index contributed by atoms with van der Waals surface area (Å²) in [4.78, 5) is 0. The summed E-state index contributed by atoms with van der Waals surface area (Å²) in [6.07, 6.45) is 67.9. The third-order valence-electron chi connectivity index (χ3n) is 14.9. The van der Waals surface area contributed by atoms with E-state index in [-0.39, 0.29) is 0 Å². The second-order valence-electron chi connectivity index (χ2n) is 21.0. The van der Waals surface area contributed by atoms with Crippen molar-refractivity contribution in [3.63, 3.8) is 0 Å². The van der Waals surface area contributed by atoms with Crippen molar-refractivity contribution in [1.29, 1.82) is 0 Å². The van der Waals surface area contributed by atoms with Crippen molar-refractivity contribution < 1.29 is 0 Å². The predicted octanol–water partition coefficient (Wildman–Crippen LogP) is 22.8. The average Bonchev–Trinajstić information content (AvgIpc) is 3.31. The van der Waals surface area contributed by atoms with Gasteiger partial charge in [0.25, 0.3) is 0 Å². The zero-order chi connectivity index (χ0) is 45.6. The van der Waals surface area contributed by atoms with Crippen LogP contribution in [0.25, 0.3) is 11.1 Å². The van der Waals surface area contributed by atoms with Gasteiger partial charge in [-0.25, -0.2) is 0 Å². The molecule has 0 saturated heterocycles. The Bertz CT molecular complexity index is 1240. The minimum atomic E-state index is 1.26. The lowest BCUT2D eigenvalue weighted by molar-refractivity contribution is 0.544. The van der Waals surface area contributed by atoms with E-state index in [9.17, 15) is 0 Å². The lowest BCUT2D eigenvalue weighted by Crippen LogP contribution is -2.08. The van der Waals surface area contributed by atoms with Crippen LogP contribution in [0, 0.1) is 0 Å². The molecule has 0 aliphatic carbocycles. The number of benzene rings is 2. The molecule has 0 spiro atoms. The van der Waals surface area contributed by atoms with Crippen LogP contribution in [0.2, 0.25) is 0 Å². The van der Waals surface area contributed by atoms with Crippen molar-refractivity contribution in [1.82, 2.24) is 0 Å². The van der Waals surface area contributed by atoms with Gasteiger partial charge in [-0.05, 0) is 84.7 Å². The Morgan fingerprint density at radius 3 is 0.797 bits per heavy atom. The molecule has 370 valence electrons. The quantitative estimate of drug-likeness (QED) is 0.0581. The monoisotopic (exact) mass is 883 g/mol. The topological polar surface area (TPSA) is 0 Å². The van der Waals surface area contributed by atoms with E-state index in [0.29, 0.717) is 0 Å². The number of unbranched alkanes of at least 4 members (excludes halogenated alkanes) is 40. The van der Waals surface area contributed by atoms with E-state index < -0.39 is 0 Å². The Labute approximate surface area is 403 Å². The normalized spacial score (nSPS) is 11.6. The summed E-state index contributed by atoms with van der Waals surface area (Å²) in [5.41, 5.74) is 10.2. The lowest BCUT2D eigenvalue weighted by Gasteiger charge is -2.24. The second-order valence-corrected chi connectivity index (χ2v) is 21.0. The number of hydrogen-bond donors (Lipinski definition) is 0. The molecule has 0 amide bonds. The minimum Gasteiger partial charge on any atom is -0.0654 e. The van der Waals surface area contributed by atoms with Gasteiger partial charge in [0, 0.05) is 0 Å². The van der Waals surface area contributed by atoms with Gasteiger partial charge in [0.1, 0.15) is 0 Å². The Kier molecular flexibility index (Phi) is 41.4. The average molecular weight is 884 g/mol. The zero-order valence-corrected chi connectivity index (χ0v) is 44.4. The molecule has 2 rings (SSSR count). The van der Waals surface area contributed by atoms with E-state index in [1.165, 1.54) is 314 Å². The first-order chi connectivity index (χ1) is 31.8. The fourth-order valence-electron chi connectivity index (χ4n) is 10.8. The molecule has 0 atom stereocenters. The summed E-state index contributed by atoms with van der Waals surface area (Å²) in [6, 6.07) is 14.6. The van der Waals surface area contributed by atoms with Crippen LogP contribution >= 0.6 is 0 Å². The highest BCUT2D eigenvalue weighted by Crippen LogP contribution is 2.37. The van der Waals surface area contributed by atoms with Gasteiger partial charge in [-0.3, -0.25) is 0 Å². The first kappa shape index (κ1) is 58.6. The van der Waals surface area contributed by atoms with Crippen LogP contribution in [-0.2, 0) is 25.7 Å². The molecule has 0 heteroatoms. The summed E-state index contributed by atoms with van der Waals surface area (Å²) in [6.45, 7) is 9.33. The highest BCUT2D eigenvalue weighted by molar-refractivity contribution is 5.74. The number of rotatable bonds is 49. The van der Waals surface area contributed by atoms with E-state index in [4.69, 9.17) is 0 Å². The first-order valence-corrected chi connectivity index (χ1v) is 30.0. The maximum absolute atomic E-state index is 2.80. The maximum Gasteiger partial charge on any atom is -0.0117 e. The molecule has 2 aromatic rings. The van der Waals surface area contributed by atoms with Gasteiger partial charge in [-0.15, -0.1) is 0 Å². The van der Waals surface area contributed by atoms with Crippen molar-refractivity contribution in [2.45, 2.75) is 336 Å².